The lowest BCUT2D eigenvalue weighted by molar-refractivity contribution is 0.0617. The second-order valence-corrected chi connectivity index (χ2v) is 2.58. The minimum atomic E-state index is -1.02. The molecule has 0 radical (unpaired) electrons. The maximum absolute atomic E-state index is 10.2. The van der Waals surface area contributed by atoms with Gasteiger partial charge in [-0.1, -0.05) is 0 Å². The minimum Gasteiger partial charge on any atom is -0.465 e. The lowest BCUT2D eigenvalue weighted by Crippen LogP contribution is -2.52. The Labute approximate surface area is 64.5 Å². The van der Waals surface area contributed by atoms with Gasteiger partial charge in [-0.2, -0.15) is 0 Å². The van der Waals surface area contributed by atoms with E-state index >= 15 is 0 Å². The molecule has 1 saturated heterocycles. The van der Waals surface area contributed by atoms with E-state index in [0.29, 0.717) is 19.6 Å². The van der Waals surface area contributed by atoms with Crippen LogP contribution in [0, 0.1) is 0 Å². The van der Waals surface area contributed by atoms with Gasteiger partial charge < -0.3 is 20.9 Å². The first kappa shape index (κ1) is 8.29. The quantitative estimate of drug-likeness (QED) is 0.477. The molecule has 0 aromatic carbocycles. The molecular weight excluding hydrogens is 148 g/mol. The molecule has 64 valence electrons. The molecule has 5 heteroatoms. The third-order valence-electron chi connectivity index (χ3n) is 1.71. The zero-order chi connectivity index (χ0) is 8.27. The molecule has 11 heavy (non-hydrogen) atoms. The maximum Gasteiger partial charge on any atom is 0.404 e. The van der Waals surface area contributed by atoms with Gasteiger partial charge in [-0.25, -0.2) is 4.79 Å². The Balaban J connectivity index is 2.35. The number of hydrogen-bond acceptors (Lipinski definition) is 3. The fourth-order valence-electron chi connectivity index (χ4n) is 1.10. The van der Waals surface area contributed by atoms with Crippen molar-refractivity contribution >= 4 is 6.09 Å². The Morgan fingerprint density at radius 3 is 3.00 bits per heavy atom. The summed E-state index contributed by atoms with van der Waals surface area (Å²) < 4.78 is 5.04. The topological polar surface area (TPSA) is 84.6 Å². The number of nitrogens with two attached hydrogens (primary N) is 1. The van der Waals surface area contributed by atoms with Gasteiger partial charge in [0.05, 0.1) is 12.6 Å². The lowest BCUT2D eigenvalue weighted by atomic mass is 10.1. The SMILES string of the molecule is N[C@@H]1COCC[C@H]1NC(=O)O. The molecule has 5 nitrogen and oxygen atoms in total. The van der Waals surface area contributed by atoms with Gasteiger partial charge in [-0.05, 0) is 6.42 Å². The summed E-state index contributed by atoms with van der Waals surface area (Å²) in [5.41, 5.74) is 5.58. The van der Waals surface area contributed by atoms with Crippen molar-refractivity contribution < 1.29 is 14.6 Å². The number of carboxylic acid groups (broad SMARTS) is 1. The summed E-state index contributed by atoms with van der Waals surface area (Å²) in [4.78, 5) is 10.2. The van der Waals surface area contributed by atoms with E-state index in [9.17, 15) is 4.79 Å². The van der Waals surface area contributed by atoms with Gasteiger partial charge >= 0.3 is 6.09 Å². The van der Waals surface area contributed by atoms with Crippen molar-refractivity contribution in [2.24, 2.45) is 5.73 Å². The summed E-state index contributed by atoms with van der Waals surface area (Å²) in [6, 6.07) is -0.360. The van der Waals surface area contributed by atoms with Crippen LogP contribution in [0.25, 0.3) is 0 Å². The van der Waals surface area contributed by atoms with E-state index in [1.165, 1.54) is 0 Å². The van der Waals surface area contributed by atoms with Gasteiger partial charge in [0.2, 0.25) is 0 Å². The highest BCUT2D eigenvalue weighted by atomic mass is 16.5. The summed E-state index contributed by atoms with van der Waals surface area (Å²) in [6.07, 6.45) is -0.361. The monoisotopic (exact) mass is 160 g/mol. The average molecular weight is 160 g/mol. The van der Waals surface area contributed by atoms with Crippen LogP contribution < -0.4 is 11.1 Å². The van der Waals surface area contributed by atoms with Crippen molar-refractivity contribution in [2.75, 3.05) is 13.2 Å². The highest BCUT2D eigenvalue weighted by Gasteiger charge is 2.23. The molecule has 1 heterocycles. The number of hydrogen-bond donors (Lipinski definition) is 3. The van der Waals surface area contributed by atoms with Gasteiger partial charge in [0.25, 0.3) is 0 Å². The van der Waals surface area contributed by atoms with Crippen LogP contribution >= 0.6 is 0 Å². The molecule has 0 spiro atoms. The molecule has 0 aliphatic carbocycles. The standard InChI is InChI=1S/C6H12N2O3/c7-4-3-11-2-1-5(4)8-6(9)10/h4-5,8H,1-3,7H2,(H,9,10)/t4-,5-/m1/s1. The smallest absolute Gasteiger partial charge is 0.404 e. The highest BCUT2D eigenvalue weighted by molar-refractivity contribution is 5.64. The first-order chi connectivity index (χ1) is 5.20. The zero-order valence-electron chi connectivity index (χ0n) is 6.12. The Hall–Kier alpha value is -0.810. The van der Waals surface area contributed by atoms with E-state index < -0.39 is 6.09 Å². The van der Waals surface area contributed by atoms with E-state index in [-0.39, 0.29) is 12.1 Å². The molecule has 0 unspecified atom stereocenters. The number of ether oxygens (including phenoxy) is 1. The third-order valence-corrected chi connectivity index (χ3v) is 1.71. The average Bonchev–Trinajstić information content (AvgIpc) is 1.93. The molecular formula is C6H12N2O3. The number of amides is 1. The molecule has 0 aromatic rings. The first-order valence-electron chi connectivity index (χ1n) is 3.53. The predicted octanol–water partition coefficient (Wildman–Crippen LogP) is -0.630. The predicted molar refractivity (Wildman–Crippen MR) is 38.4 cm³/mol. The summed E-state index contributed by atoms with van der Waals surface area (Å²) >= 11 is 0. The van der Waals surface area contributed by atoms with E-state index in [1.807, 2.05) is 0 Å². The van der Waals surface area contributed by atoms with Crippen LogP contribution in [0.5, 0.6) is 0 Å². The summed E-state index contributed by atoms with van der Waals surface area (Å²) in [7, 11) is 0. The van der Waals surface area contributed by atoms with Gasteiger partial charge in [0.1, 0.15) is 0 Å². The molecule has 1 fully saturated rings. The van der Waals surface area contributed by atoms with E-state index in [4.69, 9.17) is 15.6 Å². The molecule has 4 N–H and O–H groups in total. The van der Waals surface area contributed by atoms with Crippen LogP contribution in [-0.4, -0.2) is 36.5 Å². The fraction of sp³-hybridized carbons (Fsp3) is 0.833. The fourth-order valence-corrected chi connectivity index (χ4v) is 1.10. The van der Waals surface area contributed by atoms with Crippen LogP contribution in [0.4, 0.5) is 4.79 Å². The molecule has 1 aliphatic heterocycles. The van der Waals surface area contributed by atoms with E-state index in [0.717, 1.165) is 0 Å². The molecule has 1 amide bonds. The highest BCUT2D eigenvalue weighted by Crippen LogP contribution is 2.04. The van der Waals surface area contributed by atoms with Crippen LogP contribution in [-0.2, 0) is 4.74 Å². The molecule has 1 rings (SSSR count). The summed E-state index contributed by atoms with van der Waals surface area (Å²) in [6.45, 7) is 1.02. The van der Waals surface area contributed by atoms with Gasteiger partial charge in [-0.3, -0.25) is 0 Å². The molecule has 0 saturated carbocycles. The first-order valence-corrected chi connectivity index (χ1v) is 3.53. The van der Waals surface area contributed by atoms with Crippen molar-refractivity contribution in [2.45, 2.75) is 18.5 Å². The number of nitrogens with one attached hydrogen (secondary N) is 1. The van der Waals surface area contributed by atoms with Crippen molar-refractivity contribution in [3.8, 4) is 0 Å². The Kier molecular flexibility index (Phi) is 2.67. The van der Waals surface area contributed by atoms with Crippen LogP contribution in [0.2, 0.25) is 0 Å². The van der Waals surface area contributed by atoms with Crippen LogP contribution in [0.1, 0.15) is 6.42 Å². The number of rotatable bonds is 1. The molecule has 0 aromatic heterocycles. The maximum atomic E-state index is 10.2. The van der Waals surface area contributed by atoms with Gasteiger partial charge in [0.15, 0.2) is 0 Å². The lowest BCUT2D eigenvalue weighted by Gasteiger charge is -2.28. The molecule has 2 atom stereocenters. The second-order valence-electron chi connectivity index (χ2n) is 2.58. The van der Waals surface area contributed by atoms with Crippen molar-refractivity contribution in [1.29, 1.82) is 0 Å². The second kappa shape index (κ2) is 3.54. The van der Waals surface area contributed by atoms with Gasteiger partial charge in [0, 0.05) is 12.6 Å². The molecule has 0 bridgehead atoms. The number of carbonyl (C=O) groups is 1. The minimum absolute atomic E-state index is 0.152. The normalized spacial score (nSPS) is 31.4. The van der Waals surface area contributed by atoms with Crippen molar-refractivity contribution in [1.82, 2.24) is 5.32 Å². The zero-order valence-corrected chi connectivity index (χ0v) is 6.12. The van der Waals surface area contributed by atoms with E-state index in [2.05, 4.69) is 5.32 Å². The summed E-state index contributed by atoms with van der Waals surface area (Å²) in [5.74, 6) is 0. The third kappa shape index (κ3) is 2.36. The largest absolute Gasteiger partial charge is 0.465 e. The van der Waals surface area contributed by atoms with Gasteiger partial charge in [-0.15, -0.1) is 0 Å². The molecule has 1 aliphatic rings. The van der Waals surface area contributed by atoms with Crippen LogP contribution in [0.15, 0.2) is 0 Å². The van der Waals surface area contributed by atoms with E-state index in [1.54, 1.807) is 0 Å². The van der Waals surface area contributed by atoms with Crippen LogP contribution in [0.3, 0.4) is 0 Å². The van der Waals surface area contributed by atoms with Crippen molar-refractivity contribution in [3.63, 3.8) is 0 Å². The Bertz CT molecular complexity index is 151. The van der Waals surface area contributed by atoms with Crippen molar-refractivity contribution in [3.05, 3.63) is 0 Å². The Morgan fingerprint density at radius 2 is 2.45 bits per heavy atom. The Morgan fingerprint density at radius 1 is 1.73 bits per heavy atom. The summed E-state index contributed by atoms with van der Waals surface area (Å²) in [5, 5.41) is 10.7.